The number of carbonyl (C=O) groups excluding carboxylic acids is 1. The van der Waals surface area contributed by atoms with E-state index >= 15 is 0 Å². The lowest BCUT2D eigenvalue weighted by molar-refractivity contribution is 0.112. The lowest BCUT2D eigenvalue weighted by atomic mass is 10.0. The zero-order chi connectivity index (χ0) is 13.3. The van der Waals surface area contributed by atoms with E-state index in [4.69, 9.17) is 0 Å². The zero-order valence-corrected chi connectivity index (χ0v) is 10.7. The number of aryl methyl sites for hydroxylation is 2. The van der Waals surface area contributed by atoms with Crippen LogP contribution in [0.2, 0.25) is 0 Å². The molecule has 0 atom stereocenters. The minimum atomic E-state index is -0.494. The number of rotatable bonds is 3. The number of benzene rings is 1. The highest BCUT2D eigenvalue weighted by Crippen LogP contribution is 2.28. The van der Waals surface area contributed by atoms with Gasteiger partial charge in [-0.3, -0.25) is 9.48 Å². The van der Waals surface area contributed by atoms with E-state index in [2.05, 4.69) is 5.10 Å². The van der Waals surface area contributed by atoms with Gasteiger partial charge in [0.15, 0.2) is 6.29 Å². The predicted octanol–water partition coefficient (Wildman–Crippen LogP) is 3.14. The van der Waals surface area contributed by atoms with Crippen molar-refractivity contribution in [3.63, 3.8) is 0 Å². The number of aldehydes is 1. The Morgan fingerprint density at radius 1 is 1.39 bits per heavy atom. The van der Waals surface area contributed by atoms with Gasteiger partial charge in [0, 0.05) is 17.8 Å². The monoisotopic (exact) mass is 246 g/mol. The molecule has 18 heavy (non-hydrogen) atoms. The molecule has 0 spiro atoms. The summed E-state index contributed by atoms with van der Waals surface area (Å²) < 4.78 is 15.2. The Balaban J connectivity index is 2.62. The van der Waals surface area contributed by atoms with Crippen molar-refractivity contribution in [3.8, 4) is 11.1 Å². The van der Waals surface area contributed by atoms with Gasteiger partial charge in [0.25, 0.3) is 0 Å². The van der Waals surface area contributed by atoms with Crippen LogP contribution >= 0.6 is 0 Å². The first-order chi connectivity index (χ1) is 8.58. The molecule has 1 aromatic heterocycles. The van der Waals surface area contributed by atoms with Crippen LogP contribution in [0.4, 0.5) is 4.39 Å². The summed E-state index contributed by atoms with van der Waals surface area (Å²) in [5, 5.41) is 4.42. The van der Waals surface area contributed by atoms with Crippen molar-refractivity contribution in [3.05, 3.63) is 41.0 Å². The number of aromatic nitrogens is 2. The van der Waals surface area contributed by atoms with Gasteiger partial charge in [-0.1, -0.05) is 6.07 Å². The van der Waals surface area contributed by atoms with Crippen LogP contribution in [0.1, 0.15) is 28.7 Å². The third kappa shape index (κ3) is 1.94. The third-order valence-electron chi connectivity index (χ3n) is 3.09. The topological polar surface area (TPSA) is 34.9 Å². The summed E-state index contributed by atoms with van der Waals surface area (Å²) in [5.41, 5.74) is 3.79. The quantitative estimate of drug-likeness (QED) is 0.780. The van der Waals surface area contributed by atoms with Crippen LogP contribution in [0.15, 0.2) is 18.2 Å². The summed E-state index contributed by atoms with van der Waals surface area (Å²) >= 11 is 0. The average Bonchev–Trinajstić information content (AvgIpc) is 2.65. The second-order valence-electron chi connectivity index (χ2n) is 4.22. The molecular weight excluding hydrogens is 231 g/mol. The Morgan fingerprint density at radius 2 is 2.11 bits per heavy atom. The Morgan fingerprint density at radius 3 is 2.67 bits per heavy atom. The fraction of sp³-hybridized carbons (Fsp3) is 0.286. The molecule has 0 saturated carbocycles. The van der Waals surface area contributed by atoms with Gasteiger partial charge >= 0.3 is 0 Å². The maximum Gasteiger partial charge on any atom is 0.153 e. The molecule has 2 rings (SSSR count). The van der Waals surface area contributed by atoms with Gasteiger partial charge in [0.2, 0.25) is 0 Å². The smallest absolute Gasteiger partial charge is 0.153 e. The van der Waals surface area contributed by atoms with Crippen LogP contribution in [0.3, 0.4) is 0 Å². The summed E-state index contributed by atoms with van der Waals surface area (Å²) in [4.78, 5) is 10.8. The SMILES string of the molecule is CCn1nc(C)c(-c2ccc(F)c(C=O)c2)c1C. The number of hydrogen-bond acceptors (Lipinski definition) is 2. The highest BCUT2D eigenvalue weighted by atomic mass is 19.1. The molecule has 0 fully saturated rings. The second kappa shape index (κ2) is 4.72. The normalized spacial score (nSPS) is 10.7. The van der Waals surface area contributed by atoms with Gasteiger partial charge in [0.05, 0.1) is 11.3 Å². The molecule has 0 aliphatic heterocycles. The predicted molar refractivity (Wildman–Crippen MR) is 68.2 cm³/mol. The van der Waals surface area contributed by atoms with E-state index in [1.54, 1.807) is 12.1 Å². The molecule has 1 aromatic carbocycles. The molecule has 1 heterocycles. The third-order valence-corrected chi connectivity index (χ3v) is 3.09. The lowest BCUT2D eigenvalue weighted by Crippen LogP contribution is -1.98. The van der Waals surface area contributed by atoms with Crippen molar-refractivity contribution in [1.29, 1.82) is 0 Å². The molecule has 0 N–H and O–H groups in total. The van der Waals surface area contributed by atoms with Crippen LogP contribution in [0, 0.1) is 19.7 Å². The van der Waals surface area contributed by atoms with Crippen LogP contribution < -0.4 is 0 Å². The summed E-state index contributed by atoms with van der Waals surface area (Å²) in [5.74, 6) is -0.494. The van der Waals surface area contributed by atoms with E-state index in [-0.39, 0.29) is 5.56 Å². The maximum atomic E-state index is 13.3. The summed E-state index contributed by atoms with van der Waals surface area (Å²) in [6.45, 7) is 6.69. The van der Waals surface area contributed by atoms with Crippen LogP contribution in [-0.2, 0) is 6.54 Å². The minimum absolute atomic E-state index is 0.0792. The van der Waals surface area contributed by atoms with E-state index in [0.29, 0.717) is 6.29 Å². The zero-order valence-electron chi connectivity index (χ0n) is 10.7. The molecule has 0 unspecified atom stereocenters. The number of halogens is 1. The van der Waals surface area contributed by atoms with E-state index < -0.39 is 5.82 Å². The molecule has 94 valence electrons. The van der Waals surface area contributed by atoms with Gasteiger partial charge in [-0.25, -0.2) is 4.39 Å². The Hall–Kier alpha value is -1.97. The van der Waals surface area contributed by atoms with Crippen molar-refractivity contribution in [2.75, 3.05) is 0 Å². The van der Waals surface area contributed by atoms with Gasteiger partial charge < -0.3 is 0 Å². The van der Waals surface area contributed by atoms with Crippen molar-refractivity contribution in [2.24, 2.45) is 0 Å². The molecule has 0 radical (unpaired) electrons. The fourth-order valence-corrected chi connectivity index (χ4v) is 2.21. The van der Waals surface area contributed by atoms with E-state index in [1.165, 1.54) is 6.07 Å². The van der Waals surface area contributed by atoms with Crippen molar-refractivity contribution < 1.29 is 9.18 Å². The van der Waals surface area contributed by atoms with E-state index in [9.17, 15) is 9.18 Å². The van der Waals surface area contributed by atoms with Crippen LogP contribution in [0.25, 0.3) is 11.1 Å². The van der Waals surface area contributed by atoms with Crippen molar-refractivity contribution in [1.82, 2.24) is 9.78 Å². The highest BCUT2D eigenvalue weighted by Gasteiger charge is 2.14. The van der Waals surface area contributed by atoms with Crippen molar-refractivity contribution >= 4 is 6.29 Å². The lowest BCUT2D eigenvalue weighted by Gasteiger charge is -2.04. The Bertz CT molecular complexity index is 602. The largest absolute Gasteiger partial charge is 0.298 e. The molecule has 0 bridgehead atoms. The number of carbonyl (C=O) groups is 1. The summed E-state index contributed by atoms with van der Waals surface area (Å²) in [7, 11) is 0. The number of hydrogen-bond donors (Lipinski definition) is 0. The first-order valence-electron chi connectivity index (χ1n) is 5.87. The minimum Gasteiger partial charge on any atom is -0.298 e. The first-order valence-corrected chi connectivity index (χ1v) is 5.87. The standard InChI is InChI=1S/C14H15FN2O/c1-4-17-10(3)14(9(2)16-17)11-5-6-13(15)12(7-11)8-18/h5-8H,4H2,1-3H3. The Labute approximate surface area is 105 Å². The van der Waals surface area contributed by atoms with Crippen LogP contribution in [-0.4, -0.2) is 16.1 Å². The van der Waals surface area contributed by atoms with E-state index in [1.807, 2.05) is 25.5 Å². The van der Waals surface area contributed by atoms with Crippen molar-refractivity contribution in [2.45, 2.75) is 27.3 Å². The summed E-state index contributed by atoms with van der Waals surface area (Å²) in [6, 6.07) is 4.57. The van der Waals surface area contributed by atoms with E-state index in [0.717, 1.165) is 29.1 Å². The molecule has 0 saturated heterocycles. The van der Waals surface area contributed by atoms with Gasteiger partial charge in [-0.2, -0.15) is 5.10 Å². The molecule has 0 amide bonds. The molecular formula is C14H15FN2O. The summed E-state index contributed by atoms with van der Waals surface area (Å²) in [6.07, 6.45) is 0.535. The molecule has 4 heteroatoms. The average molecular weight is 246 g/mol. The second-order valence-corrected chi connectivity index (χ2v) is 4.22. The highest BCUT2D eigenvalue weighted by molar-refractivity contribution is 5.80. The molecule has 3 nitrogen and oxygen atoms in total. The van der Waals surface area contributed by atoms with Gasteiger partial charge in [0.1, 0.15) is 5.82 Å². The molecule has 2 aromatic rings. The first kappa shape index (κ1) is 12.5. The molecule has 0 aliphatic rings. The van der Waals surface area contributed by atoms with Crippen LogP contribution in [0.5, 0.6) is 0 Å². The van der Waals surface area contributed by atoms with Gasteiger partial charge in [-0.15, -0.1) is 0 Å². The maximum absolute atomic E-state index is 13.3. The fourth-order valence-electron chi connectivity index (χ4n) is 2.21. The Kier molecular flexibility index (Phi) is 3.28. The van der Waals surface area contributed by atoms with Gasteiger partial charge in [-0.05, 0) is 38.5 Å². The molecule has 0 aliphatic carbocycles. The number of nitrogens with zero attached hydrogens (tertiary/aromatic N) is 2.